The van der Waals surface area contributed by atoms with Crippen LogP contribution >= 0.6 is 11.3 Å². The second-order valence-corrected chi connectivity index (χ2v) is 12.1. The first-order valence-corrected chi connectivity index (χ1v) is 13.9. The minimum atomic E-state index is -0.601. The van der Waals surface area contributed by atoms with E-state index in [0.29, 0.717) is 12.8 Å². The van der Waals surface area contributed by atoms with Gasteiger partial charge >= 0.3 is 0 Å². The zero-order valence-corrected chi connectivity index (χ0v) is 22.3. The van der Waals surface area contributed by atoms with Gasteiger partial charge in [-0.2, -0.15) is 0 Å². The van der Waals surface area contributed by atoms with Crippen molar-refractivity contribution >= 4 is 22.4 Å². The third-order valence-electron chi connectivity index (χ3n) is 8.77. The third-order valence-corrected chi connectivity index (χ3v) is 9.82. The molecule has 2 aromatic rings. The highest BCUT2D eigenvalue weighted by molar-refractivity contribution is 7.15. The zero-order chi connectivity index (χ0) is 25.2. The van der Waals surface area contributed by atoms with Crippen LogP contribution in [0.15, 0.2) is 30.3 Å². The molecule has 6 nitrogen and oxygen atoms in total. The number of hydrogen-bond donors (Lipinski definition) is 4. The molecule has 4 rings (SSSR count). The van der Waals surface area contributed by atoms with Crippen molar-refractivity contribution in [3.05, 3.63) is 46.5 Å². The van der Waals surface area contributed by atoms with Crippen LogP contribution in [0.2, 0.25) is 0 Å². The third kappa shape index (κ3) is 5.00. The minimum Gasteiger partial charge on any atom is -0.396 e. The second kappa shape index (κ2) is 10.6. The number of carbonyl (C=O) groups is 1. The van der Waals surface area contributed by atoms with Gasteiger partial charge in [-0.25, -0.2) is 4.98 Å². The number of nitrogens with one attached hydrogen (secondary N) is 2. The van der Waals surface area contributed by atoms with Gasteiger partial charge in [0, 0.05) is 29.2 Å². The standard InChI is InChI=1S/C28H41N3O3S/c1-5-6-14-29-26-31-25-20(15-24(34)30-18(2)19-10-8-7-9-11-19)27(3)13-12-23(33)28(4,17-32)22(27)16-21(25)35-26/h7-11,18,20,22-23,32-33H,5-6,12-17H2,1-4H3,(H,29,31)(H,30,34). The van der Waals surface area contributed by atoms with Gasteiger partial charge in [-0.05, 0) is 49.5 Å². The SMILES string of the molecule is CCCCNc1nc2c(s1)CC1C(C)(CO)C(O)CCC1(C)C2CC(=O)NC(C)c1ccccc1. The Balaban J connectivity index is 1.64. The molecule has 1 heterocycles. The molecule has 0 saturated heterocycles. The van der Waals surface area contributed by atoms with Crippen LogP contribution in [-0.2, 0) is 11.2 Å². The zero-order valence-electron chi connectivity index (χ0n) is 21.5. The highest BCUT2D eigenvalue weighted by Gasteiger charge is 2.59. The molecule has 0 spiro atoms. The lowest BCUT2D eigenvalue weighted by atomic mass is 9.47. The summed E-state index contributed by atoms with van der Waals surface area (Å²) in [6.45, 7) is 9.28. The fraction of sp³-hybridized carbons (Fsp3) is 0.643. The molecule has 1 amide bonds. The number of aliphatic hydroxyl groups is 2. The van der Waals surface area contributed by atoms with Crippen LogP contribution < -0.4 is 10.6 Å². The monoisotopic (exact) mass is 499 g/mol. The molecule has 35 heavy (non-hydrogen) atoms. The number of anilines is 1. The summed E-state index contributed by atoms with van der Waals surface area (Å²) in [5.74, 6) is 0.0320. The molecule has 4 N–H and O–H groups in total. The molecule has 0 aliphatic heterocycles. The van der Waals surface area contributed by atoms with Crippen LogP contribution in [0, 0.1) is 16.7 Å². The summed E-state index contributed by atoms with van der Waals surface area (Å²) >= 11 is 1.68. The number of hydrogen-bond acceptors (Lipinski definition) is 6. The van der Waals surface area contributed by atoms with Crippen molar-refractivity contribution in [2.75, 3.05) is 18.5 Å². The summed E-state index contributed by atoms with van der Waals surface area (Å²) in [7, 11) is 0. The van der Waals surface area contributed by atoms with Crippen molar-refractivity contribution in [3.63, 3.8) is 0 Å². The lowest BCUT2D eigenvalue weighted by Crippen LogP contribution is -2.57. The molecule has 0 bridgehead atoms. The topological polar surface area (TPSA) is 94.5 Å². The van der Waals surface area contributed by atoms with Gasteiger partial charge in [-0.1, -0.05) is 57.5 Å². The highest BCUT2D eigenvalue weighted by Crippen LogP contribution is 2.62. The maximum Gasteiger partial charge on any atom is 0.221 e. The maximum atomic E-state index is 13.4. The Hall–Kier alpha value is -1.96. The molecule has 0 radical (unpaired) electrons. The molecule has 1 saturated carbocycles. The number of aromatic nitrogens is 1. The Labute approximate surface area is 213 Å². The molecule has 6 atom stereocenters. The Morgan fingerprint density at radius 2 is 2.03 bits per heavy atom. The van der Waals surface area contributed by atoms with Gasteiger partial charge in [0.15, 0.2) is 5.13 Å². The maximum absolute atomic E-state index is 13.4. The molecule has 7 heteroatoms. The summed E-state index contributed by atoms with van der Waals surface area (Å²) in [6.07, 6.45) is 4.24. The molecule has 2 aliphatic rings. The van der Waals surface area contributed by atoms with Crippen LogP contribution in [0.5, 0.6) is 0 Å². The Morgan fingerprint density at radius 3 is 2.71 bits per heavy atom. The molecule has 2 aliphatic carbocycles. The number of thiazole rings is 1. The number of amides is 1. The molecule has 192 valence electrons. The van der Waals surface area contributed by atoms with E-state index in [0.717, 1.165) is 48.6 Å². The summed E-state index contributed by atoms with van der Waals surface area (Å²) in [6, 6.07) is 9.95. The van der Waals surface area contributed by atoms with Gasteiger partial charge in [0.25, 0.3) is 0 Å². The summed E-state index contributed by atoms with van der Waals surface area (Å²) < 4.78 is 0. The van der Waals surface area contributed by atoms with Gasteiger partial charge in [-0.15, -0.1) is 11.3 Å². The van der Waals surface area contributed by atoms with Crippen molar-refractivity contribution in [1.82, 2.24) is 10.3 Å². The fourth-order valence-corrected chi connectivity index (χ4v) is 7.50. The van der Waals surface area contributed by atoms with E-state index in [1.54, 1.807) is 11.3 Å². The summed E-state index contributed by atoms with van der Waals surface area (Å²) in [5.41, 5.74) is 1.29. The molecule has 1 aromatic carbocycles. The van der Waals surface area contributed by atoms with Gasteiger partial charge in [0.05, 0.1) is 24.4 Å². The summed E-state index contributed by atoms with van der Waals surface area (Å²) in [5, 5.41) is 28.9. The van der Waals surface area contributed by atoms with Crippen molar-refractivity contribution in [2.24, 2.45) is 16.7 Å². The van der Waals surface area contributed by atoms with E-state index >= 15 is 0 Å². The van der Waals surface area contributed by atoms with E-state index in [2.05, 4.69) is 24.5 Å². The quantitative estimate of drug-likeness (QED) is 0.363. The predicted octanol–water partition coefficient (Wildman–Crippen LogP) is 5.04. The van der Waals surface area contributed by atoms with Gasteiger partial charge in [0.2, 0.25) is 5.91 Å². The number of carbonyl (C=O) groups excluding carboxylic acids is 1. The second-order valence-electron chi connectivity index (χ2n) is 11.0. The first-order chi connectivity index (χ1) is 16.7. The van der Waals surface area contributed by atoms with E-state index < -0.39 is 11.5 Å². The summed E-state index contributed by atoms with van der Waals surface area (Å²) in [4.78, 5) is 19.6. The van der Waals surface area contributed by atoms with Crippen LogP contribution in [0.4, 0.5) is 5.13 Å². The lowest BCUT2D eigenvalue weighted by Gasteiger charge is -2.58. The number of benzene rings is 1. The first kappa shape index (κ1) is 26.1. The average Bonchev–Trinajstić information content (AvgIpc) is 3.26. The average molecular weight is 500 g/mol. The first-order valence-electron chi connectivity index (χ1n) is 13.1. The smallest absolute Gasteiger partial charge is 0.221 e. The number of aliphatic hydroxyl groups excluding tert-OH is 2. The van der Waals surface area contributed by atoms with Gasteiger partial charge in [-0.3, -0.25) is 4.79 Å². The number of rotatable bonds is 9. The Bertz CT molecular complexity index is 1010. The van der Waals surface area contributed by atoms with Crippen LogP contribution in [0.25, 0.3) is 0 Å². The van der Waals surface area contributed by atoms with Crippen LogP contribution in [-0.4, -0.2) is 40.4 Å². The van der Waals surface area contributed by atoms with Crippen molar-refractivity contribution < 1.29 is 15.0 Å². The van der Waals surface area contributed by atoms with Crippen molar-refractivity contribution in [1.29, 1.82) is 0 Å². The molecular weight excluding hydrogens is 458 g/mol. The van der Waals surface area contributed by atoms with Crippen LogP contribution in [0.1, 0.15) is 87.9 Å². The lowest BCUT2D eigenvalue weighted by molar-refractivity contribution is -0.144. The highest BCUT2D eigenvalue weighted by atomic mass is 32.1. The number of unbranched alkanes of at least 4 members (excludes halogenated alkanes) is 1. The van der Waals surface area contributed by atoms with E-state index in [-0.39, 0.29) is 35.8 Å². The van der Waals surface area contributed by atoms with E-state index in [1.165, 1.54) is 4.88 Å². The molecule has 6 unspecified atom stereocenters. The molecule has 1 aromatic heterocycles. The predicted molar refractivity (Wildman–Crippen MR) is 142 cm³/mol. The van der Waals surface area contributed by atoms with Gasteiger partial charge < -0.3 is 20.8 Å². The number of fused-ring (bicyclic) bond motifs is 2. The molecular formula is C28H41N3O3S. The fourth-order valence-electron chi connectivity index (χ4n) is 6.40. The van der Waals surface area contributed by atoms with Crippen molar-refractivity contribution in [2.45, 2.75) is 84.3 Å². The normalized spacial score (nSPS) is 30.7. The van der Waals surface area contributed by atoms with Crippen LogP contribution in [0.3, 0.4) is 0 Å². The largest absolute Gasteiger partial charge is 0.396 e. The Morgan fingerprint density at radius 1 is 1.29 bits per heavy atom. The van der Waals surface area contributed by atoms with Gasteiger partial charge in [0.1, 0.15) is 0 Å². The number of nitrogens with zero attached hydrogens (tertiary/aromatic N) is 1. The van der Waals surface area contributed by atoms with E-state index in [4.69, 9.17) is 4.98 Å². The Kier molecular flexibility index (Phi) is 7.89. The van der Waals surface area contributed by atoms with E-state index in [9.17, 15) is 15.0 Å². The minimum absolute atomic E-state index is 0.0180. The van der Waals surface area contributed by atoms with Crippen molar-refractivity contribution in [3.8, 4) is 0 Å². The van der Waals surface area contributed by atoms with E-state index in [1.807, 2.05) is 44.2 Å². The molecule has 1 fully saturated rings.